The number of alkyl halides is 3. The second-order valence-corrected chi connectivity index (χ2v) is 17.4. The van der Waals surface area contributed by atoms with E-state index in [1.165, 1.54) is 0 Å². The van der Waals surface area contributed by atoms with Gasteiger partial charge in [0.15, 0.2) is 0 Å². The number of urea groups is 1. The molecule has 1 heterocycles. The van der Waals surface area contributed by atoms with Crippen molar-refractivity contribution >= 4 is 75.6 Å². The lowest BCUT2D eigenvalue weighted by Crippen LogP contribution is -2.51. The zero-order valence-corrected chi connectivity index (χ0v) is 41.0. The molecule has 2 unspecified atom stereocenters. The lowest BCUT2D eigenvalue weighted by molar-refractivity contribution is -0.192. The van der Waals surface area contributed by atoms with Crippen LogP contribution >= 0.6 is 15.9 Å². The molecule has 1 aliphatic rings. The molecule has 0 aliphatic carbocycles. The molecule has 0 saturated carbocycles. The Labute approximate surface area is 420 Å². The number of carboxylic acid groups (broad SMARTS) is 7. The van der Waals surface area contributed by atoms with E-state index >= 15 is 0 Å². The molecule has 1 aromatic carbocycles. The van der Waals surface area contributed by atoms with E-state index in [0.29, 0.717) is 51.9 Å². The van der Waals surface area contributed by atoms with Gasteiger partial charge >= 0.3 is 54.0 Å². The zero-order chi connectivity index (χ0) is 54.4. The molecule has 1 saturated heterocycles. The number of carbonyl (C=O) groups is 10. The fourth-order valence-corrected chi connectivity index (χ4v) is 7.17. The minimum absolute atomic E-state index is 0.0211. The molecule has 0 spiro atoms. The summed E-state index contributed by atoms with van der Waals surface area (Å²) in [7, 11) is 0. The summed E-state index contributed by atoms with van der Waals surface area (Å²) in [4.78, 5) is 125. The predicted octanol–water partition coefficient (Wildman–Crippen LogP) is 0.804. The first-order chi connectivity index (χ1) is 33.7. The van der Waals surface area contributed by atoms with Gasteiger partial charge in [0, 0.05) is 89.3 Å². The van der Waals surface area contributed by atoms with Gasteiger partial charge in [0.2, 0.25) is 11.8 Å². The third kappa shape index (κ3) is 30.5. The SMILES string of the molecule is O=C(O)C(F)(F)F.O=C(O)CCC(NC(=O)NC(CCCCN(Cc1ccc(Br)cc1)C(=O)CCCCCNC(=O)CN1CCN(CC(=O)O)CCN(CC(=O)O)CCN(CC(=O)O)CC1)C(=O)O)C(=O)O. The van der Waals surface area contributed by atoms with E-state index < -0.39 is 78.9 Å². The normalized spacial score (nSPS) is 15.2. The van der Waals surface area contributed by atoms with Crippen molar-refractivity contribution in [2.45, 2.75) is 82.6 Å². The van der Waals surface area contributed by atoms with Crippen molar-refractivity contribution in [3.63, 3.8) is 0 Å². The van der Waals surface area contributed by atoms with E-state index in [1.54, 1.807) is 19.6 Å². The van der Waals surface area contributed by atoms with E-state index in [0.717, 1.165) is 10.0 Å². The molecule has 2 atom stereocenters. The molecule has 406 valence electrons. The number of halogens is 4. The van der Waals surface area contributed by atoms with Crippen LogP contribution in [0.15, 0.2) is 28.7 Å². The summed E-state index contributed by atoms with van der Waals surface area (Å²) in [6.07, 6.45) is -3.45. The maximum Gasteiger partial charge on any atom is 0.490 e. The number of aliphatic carboxylic acids is 7. The number of carbonyl (C=O) groups excluding carboxylic acids is 3. The molecule has 72 heavy (non-hydrogen) atoms. The molecule has 29 heteroatoms. The molecule has 2 rings (SSSR count). The van der Waals surface area contributed by atoms with Crippen LogP contribution in [0.1, 0.15) is 63.4 Å². The number of benzene rings is 1. The minimum atomic E-state index is -5.08. The largest absolute Gasteiger partial charge is 0.490 e. The summed E-state index contributed by atoms with van der Waals surface area (Å²) in [5.74, 6) is -10.4. The Morgan fingerprint density at radius 2 is 1.00 bits per heavy atom. The fraction of sp³-hybridized carbons (Fsp3) is 0.628. The van der Waals surface area contributed by atoms with Gasteiger partial charge in [-0.05, 0) is 56.2 Å². The van der Waals surface area contributed by atoms with Crippen LogP contribution in [0.5, 0.6) is 0 Å². The standard InChI is InChI=1S/C41H63BrN8O15.C2HF3O2/c42-30-10-8-29(9-11-30)24-50(15-5-3-6-31(39(61)62)44-41(65)45-32(40(63)64)12-13-35(53)54)34(52)7-2-1-4-14-43-33(51)25-46-16-18-47(26-36(55)56)20-22-49(28-38(59)60)23-21-48(19-17-46)27-37(57)58;3-2(4,5)1(6)7/h8-11,31-32H,1-7,12-28H2,(H,43,51)(H,53,54)(H,55,56)(H,57,58)(H,59,60)(H,61,62)(H,63,64)(H2,44,45,65);(H,6,7). The lowest BCUT2D eigenvalue weighted by Gasteiger charge is -2.32. The minimum Gasteiger partial charge on any atom is -0.481 e. The Morgan fingerprint density at radius 1 is 0.569 bits per heavy atom. The van der Waals surface area contributed by atoms with Crippen molar-refractivity contribution in [3.8, 4) is 0 Å². The smallest absolute Gasteiger partial charge is 0.481 e. The monoisotopic (exact) mass is 1100 g/mol. The molecule has 1 aromatic rings. The van der Waals surface area contributed by atoms with Crippen LogP contribution < -0.4 is 16.0 Å². The molecule has 0 bridgehead atoms. The van der Waals surface area contributed by atoms with Gasteiger partial charge in [-0.25, -0.2) is 19.2 Å². The van der Waals surface area contributed by atoms with Crippen LogP contribution in [-0.2, 0) is 49.7 Å². The van der Waals surface area contributed by atoms with Crippen LogP contribution in [0.25, 0.3) is 0 Å². The number of rotatable bonds is 28. The predicted molar refractivity (Wildman–Crippen MR) is 249 cm³/mol. The van der Waals surface area contributed by atoms with Gasteiger partial charge in [0.05, 0.1) is 26.2 Å². The quantitative estimate of drug-likeness (QED) is 0.0519. The fourth-order valence-electron chi connectivity index (χ4n) is 6.90. The van der Waals surface area contributed by atoms with Gasteiger partial charge in [0.1, 0.15) is 12.1 Å². The first-order valence-electron chi connectivity index (χ1n) is 22.6. The number of amides is 4. The molecule has 10 N–H and O–H groups in total. The highest BCUT2D eigenvalue weighted by molar-refractivity contribution is 9.10. The Kier molecular flexibility index (Phi) is 30.4. The summed E-state index contributed by atoms with van der Waals surface area (Å²) in [5.41, 5.74) is 0.866. The van der Waals surface area contributed by atoms with Crippen LogP contribution in [-0.4, -0.2) is 230 Å². The summed E-state index contributed by atoms with van der Waals surface area (Å²) < 4.78 is 32.6. The third-order valence-corrected chi connectivity index (χ3v) is 11.2. The van der Waals surface area contributed by atoms with Gasteiger partial charge < -0.3 is 56.6 Å². The molecule has 25 nitrogen and oxygen atoms in total. The first kappa shape index (κ1) is 63.8. The second-order valence-electron chi connectivity index (χ2n) is 16.5. The summed E-state index contributed by atoms with van der Waals surface area (Å²) >= 11 is 3.40. The average Bonchev–Trinajstić information content (AvgIpc) is 3.27. The number of carboxylic acids is 7. The molecular formula is C43H64BrF3N8O17. The summed E-state index contributed by atoms with van der Waals surface area (Å²) in [6, 6.07) is 3.44. The van der Waals surface area contributed by atoms with E-state index in [2.05, 4.69) is 31.9 Å². The average molecular weight is 1100 g/mol. The van der Waals surface area contributed by atoms with Gasteiger partial charge in [-0.3, -0.25) is 48.4 Å². The highest BCUT2D eigenvalue weighted by atomic mass is 79.9. The number of nitrogens with one attached hydrogen (secondary N) is 3. The summed E-state index contributed by atoms with van der Waals surface area (Å²) in [6.45, 7) is 2.25. The van der Waals surface area contributed by atoms with Gasteiger partial charge in [-0.1, -0.05) is 34.5 Å². The molecule has 1 fully saturated rings. The molecule has 0 aromatic heterocycles. The number of hydrogen-bond donors (Lipinski definition) is 10. The molecule has 4 amide bonds. The van der Waals surface area contributed by atoms with Crippen LogP contribution in [0, 0.1) is 0 Å². The first-order valence-corrected chi connectivity index (χ1v) is 23.4. The van der Waals surface area contributed by atoms with E-state index in [9.17, 15) is 81.9 Å². The van der Waals surface area contributed by atoms with Crippen LogP contribution in [0.2, 0.25) is 0 Å². The van der Waals surface area contributed by atoms with Gasteiger partial charge in [0.25, 0.3) is 0 Å². The van der Waals surface area contributed by atoms with E-state index in [-0.39, 0.29) is 103 Å². The van der Waals surface area contributed by atoms with Gasteiger partial charge in [-0.15, -0.1) is 0 Å². The van der Waals surface area contributed by atoms with Crippen molar-refractivity contribution in [1.29, 1.82) is 0 Å². The highest BCUT2D eigenvalue weighted by Crippen LogP contribution is 2.16. The number of nitrogens with zero attached hydrogens (tertiary/aromatic N) is 5. The Morgan fingerprint density at radius 3 is 1.40 bits per heavy atom. The Balaban J connectivity index is 0.00000343. The van der Waals surface area contributed by atoms with Crippen molar-refractivity contribution in [3.05, 3.63) is 34.3 Å². The Bertz CT molecular complexity index is 1920. The molecule has 1 aliphatic heterocycles. The molecule has 0 radical (unpaired) electrons. The second kappa shape index (κ2) is 34.2. The topological polar surface area (TPSA) is 365 Å². The maximum atomic E-state index is 13.5. The van der Waals surface area contributed by atoms with E-state index in [4.69, 9.17) is 15.0 Å². The lowest BCUT2D eigenvalue weighted by atomic mass is 10.1. The van der Waals surface area contributed by atoms with Crippen molar-refractivity contribution < 1.29 is 96.9 Å². The van der Waals surface area contributed by atoms with Crippen LogP contribution in [0.4, 0.5) is 18.0 Å². The van der Waals surface area contributed by atoms with Crippen molar-refractivity contribution in [2.75, 3.05) is 91.6 Å². The number of unbranched alkanes of at least 4 members (excludes halogenated alkanes) is 3. The zero-order valence-electron chi connectivity index (χ0n) is 39.4. The van der Waals surface area contributed by atoms with Gasteiger partial charge in [-0.2, -0.15) is 13.2 Å². The molecular weight excluding hydrogens is 1040 g/mol. The Hall–Kier alpha value is -6.17. The van der Waals surface area contributed by atoms with Crippen LogP contribution in [0.3, 0.4) is 0 Å². The maximum absolute atomic E-state index is 13.5. The van der Waals surface area contributed by atoms with Crippen molar-refractivity contribution in [1.82, 2.24) is 40.4 Å². The van der Waals surface area contributed by atoms with E-state index in [1.807, 2.05) is 29.2 Å². The number of hydrogen-bond acceptors (Lipinski definition) is 14. The summed E-state index contributed by atoms with van der Waals surface area (Å²) in [5, 5.41) is 70.4. The van der Waals surface area contributed by atoms with Crippen molar-refractivity contribution in [2.24, 2.45) is 0 Å². The highest BCUT2D eigenvalue weighted by Gasteiger charge is 2.38. The third-order valence-electron chi connectivity index (χ3n) is 10.7.